The van der Waals surface area contributed by atoms with Gasteiger partial charge in [0.1, 0.15) is 6.04 Å². The predicted molar refractivity (Wildman–Crippen MR) is 55.3 cm³/mol. The third-order valence-electron chi connectivity index (χ3n) is 2.05. The Morgan fingerprint density at radius 2 is 2.07 bits per heavy atom. The molecule has 1 atom stereocenters. The summed E-state index contributed by atoms with van der Waals surface area (Å²) in [6.07, 6.45) is 0.594. The third kappa shape index (κ3) is 2.83. The molecule has 0 spiro atoms. The summed E-state index contributed by atoms with van der Waals surface area (Å²) in [6, 6.07) is 9.37. The fourth-order valence-electron chi connectivity index (χ4n) is 1.25. The van der Waals surface area contributed by atoms with E-state index in [1.54, 1.807) is 7.05 Å². The van der Waals surface area contributed by atoms with Gasteiger partial charge in [0, 0.05) is 7.05 Å². The zero-order valence-electron chi connectivity index (χ0n) is 8.16. The van der Waals surface area contributed by atoms with E-state index in [-0.39, 0.29) is 11.9 Å². The van der Waals surface area contributed by atoms with Gasteiger partial charge in [0.25, 0.3) is 0 Å². The Balaban J connectivity index is 2.62. The van der Waals surface area contributed by atoms with Gasteiger partial charge >= 0.3 is 0 Å². The number of nitrogens with one attached hydrogen (secondary N) is 2. The third-order valence-corrected chi connectivity index (χ3v) is 2.05. The summed E-state index contributed by atoms with van der Waals surface area (Å²) >= 11 is 0. The fourth-order valence-corrected chi connectivity index (χ4v) is 1.25. The van der Waals surface area contributed by atoms with E-state index < -0.39 is 0 Å². The van der Waals surface area contributed by atoms with Gasteiger partial charge < -0.3 is 5.32 Å². The maximum absolute atomic E-state index is 11.3. The normalized spacial score (nSPS) is 12.1. The van der Waals surface area contributed by atoms with Crippen molar-refractivity contribution in [3.8, 4) is 0 Å². The molecule has 0 aliphatic heterocycles. The zero-order valence-corrected chi connectivity index (χ0v) is 8.16. The van der Waals surface area contributed by atoms with Crippen molar-refractivity contribution < 1.29 is 4.79 Å². The van der Waals surface area contributed by atoms with Crippen molar-refractivity contribution >= 4 is 5.91 Å². The number of hydrogen-bond donors (Lipinski definition) is 3. The largest absolute Gasteiger partial charge is 0.358 e. The highest BCUT2D eigenvalue weighted by Crippen LogP contribution is 2.02. The van der Waals surface area contributed by atoms with Crippen LogP contribution in [0.4, 0.5) is 0 Å². The lowest BCUT2D eigenvalue weighted by atomic mass is 10.1. The molecule has 0 aliphatic carbocycles. The van der Waals surface area contributed by atoms with Crippen molar-refractivity contribution in [1.82, 2.24) is 10.7 Å². The van der Waals surface area contributed by atoms with E-state index in [1.165, 1.54) is 0 Å². The molecule has 76 valence electrons. The Morgan fingerprint density at radius 3 is 2.57 bits per heavy atom. The molecule has 1 aromatic rings. The maximum atomic E-state index is 11.3. The van der Waals surface area contributed by atoms with Gasteiger partial charge in [-0.1, -0.05) is 30.3 Å². The molecule has 0 radical (unpaired) electrons. The highest BCUT2D eigenvalue weighted by atomic mass is 16.2. The number of rotatable bonds is 4. The van der Waals surface area contributed by atoms with Gasteiger partial charge in [-0.3, -0.25) is 10.6 Å². The summed E-state index contributed by atoms with van der Waals surface area (Å²) in [5, 5.41) is 2.55. The smallest absolute Gasteiger partial charge is 0.238 e. The van der Waals surface area contributed by atoms with Crippen LogP contribution in [0, 0.1) is 0 Å². The fraction of sp³-hybridized carbons (Fsp3) is 0.300. The van der Waals surface area contributed by atoms with Gasteiger partial charge in [-0.2, -0.15) is 0 Å². The van der Waals surface area contributed by atoms with Crippen LogP contribution in [0.3, 0.4) is 0 Å². The first-order chi connectivity index (χ1) is 6.77. The molecule has 4 heteroatoms. The lowest BCUT2D eigenvalue weighted by Gasteiger charge is -2.13. The summed E-state index contributed by atoms with van der Waals surface area (Å²) in [5.41, 5.74) is 3.57. The van der Waals surface area contributed by atoms with Crippen molar-refractivity contribution in [3.63, 3.8) is 0 Å². The molecule has 14 heavy (non-hydrogen) atoms. The van der Waals surface area contributed by atoms with E-state index in [0.29, 0.717) is 6.42 Å². The molecular weight excluding hydrogens is 178 g/mol. The van der Waals surface area contributed by atoms with Crippen LogP contribution in [0.15, 0.2) is 30.3 Å². The summed E-state index contributed by atoms with van der Waals surface area (Å²) in [5.74, 6) is 5.19. The Kier molecular flexibility index (Phi) is 4.10. The van der Waals surface area contributed by atoms with Crippen LogP contribution in [0.2, 0.25) is 0 Å². The number of carbonyl (C=O) groups is 1. The molecule has 0 fully saturated rings. The van der Waals surface area contributed by atoms with E-state index in [1.807, 2.05) is 30.3 Å². The first kappa shape index (κ1) is 10.7. The number of carbonyl (C=O) groups excluding carboxylic acids is 1. The summed E-state index contributed by atoms with van der Waals surface area (Å²) in [7, 11) is 1.59. The van der Waals surface area contributed by atoms with Gasteiger partial charge in [0.15, 0.2) is 0 Å². The van der Waals surface area contributed by atoms with Gasteiger partial charge in [0.05, 0.1) is 0 Å². The number of hydrogen-bond acceptors (Lipinski definition) is 3. The zero-order chi connectivity index (χ0) is 10.4. The van der Waals surface area contributed by atoms with Crippen LogP contribution >= 0.6 is 0 Å². The highest BCUT2D eigenvalue weighted by molar-refractivity contribution is 5.81. The van der Waals surface area contributed by atoms with Crippen LogP contribution in [0.25, 0.3) is 0 Å². The Morgan fingerprint density at radius 1 is 1.43 bits per heavy atom. The summed E-state index contributed by atoms with van der Waals surface area (Å²) in [4.78, 5) is 11.3. The average Bonchev–Trinajstić information content (AvgIpc) is 2.26. The van der Waals surface area contributed by atoms with E-state index in [9.17, 15) is 4.79 Å². The number of likely N-dealkylation sites (N-methyl/N-ethyl adjacent to an activating group) is 1. The Labute approximate surface area is 83.5 Å². The van der Waals surface area contributed by atoms with Crippen molar-refractivity contribution in [1.29, 1.82) is 0 Å². The number of nitrogens with two attached hydrogens (primary N) is 1. The average molecular weight is 193 g/mol. The van der Waals surface area contributed by atoms with Crippen molar-refractivity contribution in [2.24, 2.45) is 5.84 Å². The molecule has 0 heterocycles. The molecule has 0 unspecified atom stereocenters. The van der Waals surface area contributed by atoms with Crippen LogP contribution in [-0.4, -0.2) is 19.0 Å². The minimum atomic E-state index is -0.373. The van der Waals surface area contributed by atoms with Crippen LogP contribution < -0.4 is 16.6 Å². The molecule has 0 bridgehead atoms. The van der Waals surface area contributed by atoms with Crippen molar-refractivity contribution in [2.45, 2.75) is 12.5 Å². The first-order valence-corrected chi connectivity index (χ1v) is 4.49. The minimum Gasteiger partial charge on any atom is -0.358 e. The summed E-state index contributed by atoms with van der Waals surface area (Å²) in [6.45, 7) is 0. The van der Waals surface area contributed by atoms with Crippen molar-refractivity contribution in [3.05, 3.63) is 35.9 Å². The van der Waals surface area contributed by atoms with E-state index >= 15 is 0 Å². The molecule has 0 aromatic heterocycles. The molecule has 0 saturated heterocycles. The second kappa shape index (κ2) is 5.36. The van der Waals surface area contributed by atoms with Crippen molar-refractivity contribution in [2.75, 3.05) is 7.05 Å². The molecule has 1 amide bonds. The topological polar surface area (TPSA) is 67.2 Å². The lowest BCUT2D eigenvalue weighted by molar-refractivity contribution is -0.122. The standard InChI is InChI=1S/C10H15N3O/c1-12-10(14)9(13-11)7-8-5-3-2-4-6-8/h2-6,9,13H,7,11H2,1H3,(H,12,14)/t9-/m0/s1. The Bertz CT molecular complexity index is 287. The molecule has 1 rings (SSSR count). The van der Waals surface area contributed by atoms with Crippen LogP contribution in [0.5, 0.6) is 0 Å². The quantitative estimate of drug-likeness (QED) is 0.458. The van der Waals surface area contributed by atoms with Crippen LogP contribution in [0.1, 0.15) is 5.56 Å². The molecule has 1 aromatic carbocycles. The van der Waals surface area contributed by atoms with E-state index in [2.05, 4.69) is 10.7 Å². The second-order valence-electron chi connectivity index (χ2n) is 3.02. The van der Waals surface area contributed by atoms with Gasteiger partial charge in [0.2, 0.25) is 5.91 Å². The van der Waals surface area contributed by atoms with Gasteiger partial charge in [-0.25, -0.2) is 5.43 Å². The van der Waals surface area contributed by atoms with Crippen LogP contribution in [-0.2, 0) is 11.2 Å². The molecule has 0 saturated carbocycles. The highest BCUT2D eigenvalue weighted by Gasteiger charge is 2.14. The maximum Gasteiger partial charge on any atom is 0.238 e. The number of amides is 1. The van der Waals surface area contributed by atoms with Gasteiger partial charge in [-0.15, -0.1) is 0 Å². The number of benzene rings is 1. The second-order valence-corrected chi connectivity index (χ2v) is 3.02. The SMILES string of the molecule is CNC(=O)[C@H](Cc1ccccc1)NN. The van der Waals surface area contributed by atoms with Gasteiger partial charge in [-0.05, 0) is 12.0 Å². The first-order valence-electron chi connectivity index (χ1n) is 4.49. The molecular formula is C10H15N3O. The minimum absolute atomic E-state index is 0.101. The molecule has 0 aliphatic rings. The monoisotopic (exact) mass is 193 g/mol. The Hall–Kier alpha value is -1.39. The molecule has 4 N–H and O–H groups in total. The van der Waals surface area contributed by atoms with E-state index in [4.69, 9.17) is 5.84 Å². The summed E-state index contributed by atoms with van der Waals surface area (Å²) < 4.78 is 0. The predicted octanol–water partition coefficient (Wildman–Crippen LogP) is -0.193. The lowest BCUT2D eigenvalue weighted by Crippen LogP contribution is -2.47. The molecule has 4 nitrogen and oxygen atoms in total. The van der Waals surface area contributed by atoms with E-state index in [0.717, 1.165) is 5.56 Å². The number of hydrazine groups is 1.